The Morgan fingerprint density at radius 1 is 1.06 bits per heavy atom. The van der Waals surface area contributed by atoms with E-state index >= 15 is 0 Å². The summed E-state index contributed by atoms with van der Waals surface area (Å²) in [6, 6.07) is 14.8. The zero-order chi connectivity index (χ0) is 21.2. The van der Waals surface area contributed by atoms with Crippen molar-refractivity contribution < 1.29 is 9.90 Å². The van der Waals surface area contributed by atoms with Gasteiger partial charge >= 0.3 is 0 Å². The molecule has 2 saturated carbocycles. The van der Waals surface area contributed by atoms with Gasteiger partial charge in [0.05, 0.1) is 16.6 Å². The van der Waals surface area contributed by atoms with Crippen LogP contribution in [0.4, 0.5) is 0 Å². The molecule has 2 heterocycles. The van der Waals surface area contributed by atoms with Crippen LogP contribution in [0, 0.1) is 5.41 Å². The molecule has 0 unspecified atom stereocenters. The third-order valence-corrected chi connectivity index (χ3v) is 7.04. The van der Waals surface area contributed by atoms with Gasteiger partial charge in [0.1, 0.15) is 11.4 Å². The molecule has 0 atom stereocenters. The van der Waals surface area contributed by atoms with Gasteiger partial charge < -0.3 is 15.4 Å². The molecule has 1 amide bonds. The molecule has 0 aliphatic heterocycles. The van der Waals surface area contributed by atoms with Crippen LogP contribution >= 0.6 is 0 Å². The topological polar surface area (TPSA) is 111 Å². The van der Waals surface area contributed by atoms with E-state index < -0.39 is 0 Å². The smallest absolute Gasteiger partial charge is 0.272 e. The number of benzene rings is 2. The maximum absolute atomic E-state index is 12.6. The minimum Gasteiger partial charge on any atom is -0.506 e. The molecule has 1 spiro atoms. The van der Waals surface area contributed by atoms with Crippen molar-refractivity contribution in [1.29, 1.82) is 0 Å². The van der Waals surface area contributed by atoms with Gasteiger partial charge in [0.25, 0.3) is 11.5 Å². The largest absolute Gasteiger partial charge is 0.506 e. The van der Waals surface area contributed by atoms with Crippen molar-refractivity contribution in [1.82, 2.24) is 20.5 Å². The second-order valence-corrected chi connectivity index (χ2v) is 9.09. The van der Waals surface area contributed by atoms with Crippen LogP contribution in [0.1, 0.15) is 47.8 Å². The number of hydrogen-bond acceptors (Lipinski definition) is 4. The number of aromatic hydroxyl groups is 1. The summed E-state index contributed by atoms with van der Waals surface area (Å²) in [5, 5.41) is 22.5. The van der Waals surface area contributed by atoms with Crippen molar-refractivity contribution in [3.8, 4) is 5.75 Å². The fraction of sp³-hybridized carbons (Fsp3) is 0.292. The Bertz CT molecular complexity index is 1390. The molecule has 0 saturated heterocycles. The average molecular weight is 414 g/mol. The fourth-order valence-corrected chi connectivity index (χ4v) is 5.57. The number of H-pyrrole nitrogens is 2. The third-order valence-electron chi connectivity index (χ3n) is 7.04. The molecule has 156 valence electrons. The highest BCUT2D eigenvalue weighted by molar-refractivity contribution is 5.99. The van der Waals surface area contributed by atoms with E-state index in [-0.39, 0.29) is 28.7 Å². The normalized spacial score (nSPS) is 24.8. The molecule has 4 N–H and O–H groups in total. The first-order chi connectivity index (χ1) is 15.0. The molecule has 2 aromatic heterocycles. The Labute approximate surface area is 177 Å². The number of nitrogens with one attached hydrogen (secondary N) is 3. The number of phenols is 1. The number of hydrogen-bond donors (Lipinski definition) is 4. The lowest BCUT2D eigenvalue weighted by Crippen LogP contribution is -2.55. The lowest BCUT2D eigenvalue weighted by molar-refractivity contribution is -0.0197. The molecule has 2 aliphatic rings. The number of phenolic OH excluding ortho intramolecular Hbond substituents is 1. The second kappa shape index (κ2) is 6.44. The summed E-state index contributed by atoms with van der Waals surface area (Å²) in [7, 11) is 0. The molecular formula is C24H22N4O3. The van der Waals surface area contributed by atoms with E-state index in [0.29, 0.717) is 22.5 Å². The minimum atomic E-state index is -0.148. The van der Waals surface area contributed by atoms with Gasteiger partial charge in [-0.1, -0.05) is 30.3 Å². The van der Waals surface area contributed by atoms with Gasteiger partial charge in [-0.15, -0.1) is 0 Å². The molecule has 0 bridgehead atoms. The number of carbonyl (C=O) groups is 1. The van der Waals surface area contributed by atoms with Crippen LogP contribution in [0.15, 0.2) is 53.3 Å². The number of aromatic amines is 2. The summed E-state index contributed by atoms with van der Waals surface area (Å²) in [6.07, 6.45) is 3.98. The summed E-state index contributed by atoms with van der Waals surface area (Å²) in [4.78, 5) is 27.7. The van der Waals surface area contributed by atoms with E-state index in [1.54, 1.807) is 18.2 Å². The van der Waals surface area contributed by atoms with Crippen LogP contribution in [0.5, 0.6) is 5.75 Å². The maximum Gasteiger partial charge on any atom is 0.272 e. The molecule has 2 aliphatic carbocycles. The molecule has 2 fully saturated rings. The molecule has 0 radical (unpaired) electrons. The lowest BCUT2D eigenvalue weighted by Gasteiger charge is -2.57. The zero-order valence-corrected chi connectivity index (χ0v) is 16.8. The Balaban J connectivity index is 1.11. The lowest BCUT2D eigenvalue weighted by atomic mass is 9.49. The van der Waals surface area contributed by atoms with E-state index in [2.05, 4.69) is 20.5 Å². The summed E-state index contributed by atoms with van der Waals surface area (Å²) in [5.74, 6) is 0.345. The number of carbonyl (C=O) groups excluding carboxylic acids is 1. The van der Waals surface area contributed by atoms with Gasteiger partial charge in [-0.2, -0.15) is 5.10 Å². The molecule has 4 aromatic rings. The van der Waals surface area contributed by atoms with E-state index in [1.807, 2.05) is 30.3 Å². The standard InChI is InChI=1S/C24H22N4O3/c29-19-7-3-4-13-8-18(26-21(13)19)23(31)25-15-11-24(12-15)9-14(10-24)20-16-5-1-2-6-17(16)22(30)28-27-20/h1-8,14-15,26,29H,9-12H2,(H,25,31)(H,28,30)/t14-,15-,24?. The van der Waals surface area contributed by atoms with Crippen molar-refractivity contribution in [3.05, 3.63) is 70.3 Å². The second-order valence-electron chi connectivity index (χ2n) is 9.09. The van der Waals surface area contributed by atoms with E-state index in [4.69, 9.17) is 0 Å². The summed E-state index contributed by atoms with van der Waals surface area (Å²) < 4.78 is 0. The number of rotatable bonds is 3. The van der Waals surface area contributed by atoms with Gasteiger partial charge in [-0.25, -0.2) is 5.10 Å². The first kappa shape index (κ1) is 18.2. The predicted octanol–water partition coefficient (Wildman–Crippen LogP) is 3.57. The summed E-state index contributed by atoms with van der Waals surface area (Å²) >= 11 is 0. The molecule has 6 rings (SSSR count). The Morgan fingerprint density at radius 2 is 1.84 bits per heavy atom. The van der Waals surface area contributed by atoms with Gasteiger partial charge in [-0.3, -0.25) is 9.59 Å². The van der Waals surface area contributed by atoms with Crippen molar-refractivity contribution in [2.24, 2.45) is 5.41 Å². The quantitative estimate of drug-likeness (QED) is 0.411. The Kier molecular flexibility index (Phi) is 3.78. The van der Waals surface area contributed by atoms with Gasteiger partial charge in [0.15, 0.2) is 0 Å². The molecule has 7 nitrogen and oxygen atoms in total. The van der Waals surface area contributed by atoms with Crippen LogP contribution in [-0.2, 0) is 0 Å². The highest BCUT2D eigenvalue weighted by Gasteiger charge is 2.54. The number of amides is 1. The van der Waals surface area contributed by atoms with Crippen molar-refractivity contribution in [2.45, 2.75) is 37.6 Å². The molecule has 7 heteroatoms. The maximum atomic E-state index is 12.6. The summed E-state index contributed by atoms with van der Waals surface area (Å²) in [5.41, 5.74) is 2.14. The minimum absolute atomic E-state index is 0.139. The van der Waals surface area contributed by atoms with Gasteiger partial charge in [0.2, 0.25) is 0 Å². The number of para-hydroxylation sites is 1. The van der Waals surface area contributed by atoms with E-state index in [9.17, 15) is 14.7 Å². The predicted molar refractivity (Wildman–Crippen MR) is 117 cm³/mol. The van der Waals surface area contributed by atoms with E-state index in [0.717, 1.165) is 42.1 Å². The van der Waals surface area contributed by atoms with Crippen molar-refractivity contribution in [3.63, 3.8) is 0 Å². The molecule has 31 heavy (non-hydrogen) atoms. The van der Waals surface area contributed by atoms with Gasteiger partial charge in [-0.05, 0) is 49.3 Å². The number of nitrogens with zero attached hydrogens (tertiary/aromatic N) is 1. The van der Waals surface area contributed by atoms with Crippen molar-refractivity contribution >= 4 is 27.6 Å². The van der Waals surface area contributed by atoms with Crippen LogP contribution in [0.3, 0.4) is 0 Å². The first-order valence-corrected chi connectivity index (χ1v) is 10.6. The fourth-order valence-electron chi connectivity index (χ4n) is 5.57. The van der Waals surface area contributed by atoms with Crippen LogP contribution in [0.2, 0.25) is 0 Å². The SMILES string of the molecule is O=C(N[C@H]1CC2(C1)C[C@H](c1n[nH]c(=O)c3ccccc31)C2)c1cc2cccc(O)c2[nH]1. The van der Waals surface area contributed by atoms with E-state index in [1.165, 1.54) is 0 Å². The third kappa shape index (κ3) is 2.84. The molecule has 2 aromatic carbocycles. The Hall–Kier alpha value is -3.61. The first-order valence-electron chi connectivity index (χ1n) is 10.6. The highest BCUT2D eigenvalue weighted by Crippen LogP contribution is 2.62. The van der Waals surface area contributed by atoms with Gasteiger partial charge in [0, 0.05) is 22.7 Å². The average Bonchev–Trinajstić information content (AvgIpc) is 3.16. The van der Waals surface area contributed by atoms with Crippen molar-refractivity contribution in [2.75, 3.05) is 0 Å². The van der Waals surface area contributed by atoms with Crippen LogP contribution in [-0.4, -0.2) is 32.2 Å². The van der Waals surface area contributed by atoms with Crippen LogP contribution in [0.25, 0.3) is 21.7 Å². The Morgan fingerprint density at radius 3 is 2.61 bits per heavy atom. The molecular weight excluding hydrogens is 392 g/mol. The zero-order valence-electron chi connectivity index (χ0n) is 16.8. The summed E-state index contributed by atoms with van der Waals surface area (Å²) in [6.45, 7) is 0. The monoisotopic (exact) mass is 414 g/mol. The van der Waals surface area contributed by atoms with Crippen LogP contribution < -0.4 is 10.9 Å². The number of fused-ring (bicyclic) bond motifs is 2. The highest BCUT2D eigenvalue weighted by atomic mass is 16.3. The number of aromatic nitrogens is 3.